The third-order valence-corrected chi connectivity index (χ3v) is 6.74. The molecule has 34 heavy (non-hydrogen) atoms. The Bertz CT molecular complexity index is 1170. The number of amides is 1. The van der Waals surface area contributed by atoms with Crippen molar-refractivity contribution < 1.29 is 9.53 Å². The zero-order valence-corrected chi connectivity index (χ0v) is 21.0. The molecule has 10 nitrogen and oxygen atoms in total. The third-order valence-electron chi connectivity index (χ3n) is 5.57. The fourth-order valence-electron chi connectivity index (χ4n) is 3.61. The zero-order valence-electron chi connectivity index (χ0n) is 19.4. The average Bonchev–Trinajstić information content (AvgIpc) is 3.56. The molecule has 12 heteroatoms. The molecule has 1 aromatic carbocycles. The van der Waals surface area contributed by atoms with Gasteiger partial charge in [0, 0.05) is 25.5 Å². The van der Waals surface area contributed by atoms with Gasteiger partial charge in [-0.15, -0.1) is 10.2 Å². The number of hydrogen-bond donors (Lipinski definition) is 3. The van der Waals surface area contributed by atoms with Crippen LogP contribution in [0.5, 0.6) is 0 Å². The molecule has 1 aliphatic heterocycles. The van der Waals surface area contributed by atoms with Crippen LogP contribution in [0.3, 0.4) is 0 Å². The van der Waals surface area contributed by atoms with E-state index in [1.54, 1.807) is 4.68 Å². The molecule has 1 amide bonds. The summed E-state index contributed by atoms with van der Waals surface area (Å²) in [5.74, 6) is 0.572. The Balaban J connectivity index is 1.35. The van der Waals surface area contributed by atoms with Crippen LogP contribution in [-0.4, -0.2) is 54.0 Å². The highest BCUT2D eigenvalue weighted by atomic mass is 32.2. The molecule has 4 rings (SSSR count). The third kappa shape index (κ3) is 5.93. The van der Waals surface area contributed by atoms with E-state index in [1.807, 2.05) is 55.9 Å². The van der Waals surface area contributed by atoms with Gasteiger partial charge in [-0.3, -0.25) is 24.9 Å². The van der Waals surface area contributed by atoms with Gasteiger partial charge in [-0.05, 0) is 62.2 Å². The topological polar surface area (TPSA) is 111 Å². The van der Waals surface area contributed by atoms with Crippen molar-refractivity contribution >= 4 is 40.7 Å². The maximum Gasteiger partial charge on any atom is 0.248 e. The van der Waals surface area contributed by atoms with Gasteiger partial charge in [0.2, 0.25) is 5.91 Å². The van der Waals surface area contributed by atoms with Gasteiger partial charge in [0.15, 0.2) is 16.1 Å². The van der Waals surface area contributed by atoms with Gasteiger partial charge in [0.25, 0.3) is 0 Å². The average molecular weight is 501 g/mol. The van der Waals surface area contributed by atoms with Crippen molar-refractivity contribution in [2.24, 2.45) is 7.05 Å². The monoisotopic (exact) mass is 500 g/mol. The number of aromatic nitrogens is 5. The van der Waals surface area contributed by atoms with Gasteiger partial charge in [-0.1, -0.05) is 23.9 Å². The summed E-state index contributed by atoms with van der Waals surface area (Å²) in [4.78, 5) is 12.5. The number of anilines is 1. The lowest BCUT2D eigenvalue weighted by molar-refractivity contribution is -0.119. The van der Waals surface area contributed by atoms with Crippen molar-refractivity contribution in [1.29, 1.82) is 0 Å². The number of hydrogen-bond acceptors (Lipinski definition) is 7. The molecule has 3 N–H and O–H groups in total. The molecule has 180 valence electrons. The second kappa shape index (κ2) is 11.0. The van der Waals surface area contributed by atoms with Gasteiger partial charge in [0.05, 0.1) is 18.4 Å². The molecular weight excluding hydrogens is 472 g/mol. The minimum Gasteiger partial charge on any atom is -0.376 e. The first kappa shape index (κ1) is 24.2. The van der Waals surface area contributed by atoms with Crippen LogP contribution in [0.1, 0.15) is 24.0 Å². The van der Waals surface area contributed by atoms with E-state index in [9.17, 15) is 4.79 Å². The summed E-state index contributed by atoms with van der Waals surface area (Å²) in [5.41, 5.74) is 9.26. The molecule has 2 aromatic heterocycles. The predicted octanol–water partition coefficient (Wildman–Crippen LogP) is 2.58. The van der Waals surface area contributed by atoms with E-state index in [1.165, 1.54) is 11.8 Å². The maximum absolute atomic E-state index is 12.5. The fourth-order valence-corrected chi connectivity index (χ4v) is 4.52. The van der Waals surface area contributed by atoms with Crippen LogP contribution in [0, 0.1) is 13.8 Å². The normalized spacial score (nSPS) is 15.3. The first-order valence-corrected chi connectivity index (χ1v) is 12.4. The smallest absolute Gasteiger partial charge is 0.248 e. The van der Waals surface area contributed by atoms with E-state index in [4.69, 9.17) is 17.0 Å². The van der Waals surface area contributed by atoms with Crippen LogP contribution in [0.25, 0.3) is 11.5 Å². The fraction of sp³-hybridized carbons (Fsp3) is 0.409. The zero-order chi connectivity index (χ0) is 24.1. The molecule has 3 heterocycles. The van der Waals surface area contributed by atoms with Gasteiger partial charge < -0.3 is 10.1 Å². The van der Waals surface area contributed by atoms with Crippen molar-refractivity contribution in [3.8, 4) is 11.5 Å². The van der Waals surface area contributed by atoms with Crippen LogP contribution in [0.4, 0.5) is 5.69 Å². The molecule has 1 saturated heterocycles. The summed E-state index contributed by atoms with van der Waals surface area (Å²) >= 11 is 6.61. The molecule has 1 atom stereocenters. The number of nitrogens with one attached hydrogen (secondary N) is 3. The first-order valence-electron chi connectivity index (χ1n) is 11.0. The number of ether oxygens (including phenoxy) is 1. The second-order valence-corrected chi connectivity index (χ2v) is 9.44. The molecule has 0 bridgehead atoms. The molecule has 0 saturated carbocycles. The summed E-state index contributed by atoms with van der Waals surface area (Å²) in [5, 5.41) is 17.2. The second-order valence-electron chi connectivity index (χ2n) is 8.09. The van der Waals surface area contributed by atoms with E-state index >= 15 is 0 Å². The van der Waals surface area contributed by atoms with E-state index in [0.717, 1.165) is 42.0 Å². The highest BCUT2D eigenvalue weighted by Crippen LogP contribution is 2.25. The van der Waals surface area contributed by atoms with Crippen LogP contribution in [0.15, 0.2) is 35.6 Å². The molecule has 0 aliphatic carbocycles. The quantitative estimate of drug-likeness (QED) is 0.256. The van der Waals surface area contributed by atoms with Gasteiger partial charge in [0.1, 0.15) is 5.69 Å². The lowest BCUT2D eigenvalue weighted by atomic mass is 10.1. The Kier molecular flexibility index (Phi) is 7.80. The molecule has 3 aromatic rings. The Morgan fingerprint density at radius 3 is 2.85 bits per heavy atom. The number of carbonyl (C=O) groups is 1. The number of aryl methyl sites for hydroxylation is 2. The number of benzene rings is 1. The van der Waals surface area contributed by atoms with Crippen LogP contribution in [0.2, 0.25) is 0 Å². The molecular formula is C22H28N8O2S2. The Hall–Kier alpha value is -2.96. The van der Waals surface area contributed by atoms with Gasteiger partial charge in [-0.25, -0.2) is 0 Å². The summed E-state index contributed by atoms with van der Waals surface area (Å²) < 4.78 is 9.52. The number of hydrazine groups is 1. The van der Waals surface area contributed by atoms with Crippen molar-refractivity contribution in [2.75, 3.05) is 17.7 Å². The molecule has 1 aliphatic rings. The van der Waals surface area contributed by atoms with Crippen molar-refractivity contribution in [2.45, 2.75) is 44.5 Å². The van der Waals surface area contributed by atoms with E-state index in [0.29, 0.717) is 22.6 Å². The lowest BCUT2D eigenvalue weighted by Gasteiger charge is -2.15. The highest BCUT2D eigenvalue weighted by Gasteiger charge is 2.23. The van der Waals surface area contributed by atoms with Gasteiger partial charge >= 0.3 is 0 Å². The number of carbonyl (C=O) groups excluding carboxylic acids is 1. The maximum atomic E-state index is 12.5. The molecule has 1 fully saturated rings. The largest absolute Gasteiger partial charge is 0.376 e. The summed E-state index contributed by atoms with van der Waals surface area (Å²) in [6.07, 6.45) is 3.99. The number of thioether (sulfide) groups is 1. The van der Waals surface area contributed by atoms with Crippen LogP contribution >= 0.6 is 24.0 Å². The summed E-state index contributed by atoms with van der Waals surface area (Å²) in [7, 11) is 1.86. The Labute approximate surface area is 207 Å². The number of rotatable bonds is 7. The lowest BCUT2D eigenvalue weighted by Crippen LogP contribution is -2.44. The highest BCUT2D eigenvalue weighted by molar-refractivity contribution is 7.99. The van der Waals surface area contributed by atoms with Crippen LogP contribution < -0.4 is 16.2 Å². The predicted molar refractivity (Wildman–Crippen MR) is 135 cm³/mol. The number of nitrogens with zero attached hydrogens (tertiary/aromatic N) is 5. The SMILES string of the molecule is Cc1cccc(NC(=S)NNC(=O)CSc2nnc(-c3ccn(C)n3)n2CC2CCCO2)c1C. The Morgan fingerprint density at radius 2 is 2.12 bits per heavy atom. The van der Waals surface area contributed by atoms with Crippen molar-refractivity contribution in [3.05, 3.63) is 41.6 Å². The first-order chi connectivity index (χ1) is 16.4. The minimum absolute atomic E-state index is 0.0989. The van der Waals surface area contributed by atoms with Crippen LogP contribution in [-0.2, 0) is 23.1 Å². The van der Waals surface area contributed by atoms with E-state index < -0.39 is 0 Å². The van der Waals surface area contributed by atoms with Crippen molar-refractivity contribution in [1.82, 2.24) is 35.4 Å². The summed E-state index contributed by atoms with van der Waals surface area (Å²) in [6.45, 7) is 5.43. The molecule has 0 spiro atoms. The Morgan fingerprint density at radius 1 is 1.26 bits per heavy atom. The van der Waals surface area contributed by atoms with Gasteiger partial charge in [-0.2, -0.15) is 5.10 Å². The minimum atomic E-state index is -0.235. The van der Waals surface area contributed by atoms with E-state index in [2.05, 4.69) is 31.5 Å². The van der Waals surface area contributed by atoms with E-state index in [-0.39, 0.29) is 17.8 Å². The molecule has 0 radical (unpaired) electrons. The van der Waals surface area contributed by atoms with Crippen molar-refractivity contribution in [3.63, 3.8) is 0 Å². The number of thiocarbonyl (C=S) groups is 1. The molecule has 1 unspecified atom stereocenters. The standard InChI is InChI=1S/C22H28N8O2S2/c1-14-6-4-8-17(15(14)2)23-21(33)26-24-19(31)13-34-22-27-25-20(18-9-10-29(3)28-18)30(22)12-16-7-5-11-32-16/h4,6,8-10,16H,5,7,11-13H2,1-3H3,(H,24,31)(H2,23,26,33). The summed E-state index contributed by atoms with van der Waals surface area (Å²) in [6, 6.07) is 7.82.